The van der Waals surface area contributed by atoms with Gasteiger partial charge in [-0.2, -0.15) is 5.26 Å². The van der Waals surface area contributed by atoms with Crippen molar-refractivity contribution in [2.45, 2.75) is 0 Å². The second-order valence-electron chi connectivity index (χ2n) is 1.78. The molecule has 3 nitrogen and oxygen atoms in total. The van der Waals surface area contributed by atoms with Crippen molar-refractivity contribution in [1.82, 2.24) is 4.98 Å². The van der Waals surface area contributed by atoms with E-state index in [2.05, 4.69) is 0 Å². The molecule has 0 radical (unpaired) electrons. The molecule has 0 bridgehead atoms. The Morgan fingerprint density at radius 1 is 1.45 bits per heavy atom. The minimum absolute atomic E-state index is 0.372. The lowest BCUT2D eigenvalue weighted by molar-refractivity contribution is 0.560. The number of hydrogen-bond acceptors (Lipinski definition) is 2. The van der Waals surface area contributed by atoms with Crippen LogP contribution in [0.3, 0.4) is 0 Å². The third-order valence-electron chi connectivity index (χ3n) is 1.06. The maximum absolute atomic E-state index is 12.4. The van der Waals surface area contributed by atoms with E-state index in [-0.39, 0.29) is 0 Å². The van der Waals surface area contributed by atoms with E-state index in [0.29, 0.717) is 6.07 Å². The number of nitrogens with one attached hydrogen (secondary N) is 1. The summed E-state index contributed by atoms with van der Waals surface area (Å²) in [4.78, 5) is 12.1. The van der Waals surface area contributed by atoms with Crippen LogP contribution >= 0.6 is 0 Å². The van der Waals surface area contributed by atoms with Crippen molar-refractivity contribution >= 4 is 0 Å². The van der Waals surface area contributed by atoms with Gasteiger partial charge in [-0.1, -0.05) is 0 Å². The highest BCUT2D eigenvalue weighted by atomic mass is 19.1. The number of H-pyrrole nitrogens is 1. The van der Waals surface area contributed by atoms with E-state index in [1.807, 2.05) is 0 Å². The molecule has 11 heavy (non-hydrogen) atoms. The Kier molecular flexibility index (Phi) is 1.68. The number of aromatic amines is 1. The summed E-state index contributed by atoms with van der Waals surface area (Å²) in [6.45, 7) is 0. The second kappa shape index (κ2) is 2.50. The monoisotopic (exact) mass is 156 g/mol. The summed E-state index contributed by atoms with van der Waals surface area (Å²) in [5.74, 6) is -2.30. The molecule has 0 amide bonds. The zero-order chi connectivity index (χ0) is 8.43. The molecule has 0 aliphatic heterocycles. The van der Waals surface area contributed by atoms with Crippen LogP contribution < -0.4 is 5.56 Å². The van der Waals surface area contributed by atoms with E-state index in [4.69, 9.17) is 5.26 Å². The number of nitrogens with zero attached hydrogens (tertiary/aromatic N) is 1. The van der Waals surface area contributed by atoms with Crippen LogP contribution in [0.1, 0.15) is 5.69 Å². The summed E-state index contributed by atoms with van der Waals surface area (Å²) in [5.41, 5.74) is -1.65. The standard InChI is InChI=1S/C6H2F2N2O/c7-3-1-4(8)6(11)10-5(3)2-9/h1H,(H,10,11). The minimum Gasteiger partial charge on any atom is -0.309 e. The van der Waals surface area contributed by atoms with Gasteiger partial charge in [-0.05, 0) is 0 Å². The van der Waals surface area contributed by atoms with Gasteiger partial charge in [-0.25, -0.2) is 8.78 Å². The van der Waals surface area contributed by atoms with Crippen LogP contribution in [0.4, 0.5) is 8.78 Å². The van der Waals surface area contributed by atoms with Crippen molar-refractivity contribution < 1.29 is 8.78 Å². The van der Waals surface area contributed by atoms with Gasteiger partial charge in [-0.3, -0.25) is 4.79 Å². The summed E-state index contributed by atoms with van der Waals surface area (Å²) in [6, 6.07) is 1.74. The van der Waals surface area contributed by atoms with Crippen LogP contribution in [-0.2, 0) is 0 Å². The van der Waals surface area contributed by atoms with Crippen molar-refractivity contribution in [3.05, 3.63) is 33.7 Å². The molecule has 56 valence electrons. The van der Waals surface area contributed by atoms with Crippen molar-refractivity contribution in [2.75, 3.05) is 0 Å². The second-order valence-corrected chi connectivity index (χ2v) is 1.78. The van der Waals surface area contributed by atoms with E-state index in [0.717, 1.165) is 0 Å². The van der Waals surface area contributed by atoms with Crippen molar-refractivity contribution in [3.8, 4) is 6.07 Å². The lowest BCUT2D eigenvalue weighted by Gasteiger charge is -1.90. The number of aromatic nitrogens is 1. The Hall–Kier alpha value is -1.70. The van der Waals surface area contributed by atoms with Gasteiger partial charge in [0.2, 0.25) is 0 Å². The molecule has 0 fully saturated rings. The summed E-state index contributed by atoms with van der Waals surface area (Å²) in [7, 11) is 0. The molecule has 5 heteroatoms. The first-order valence-electron chi connectivity index (χ1n) is 2.63. The van der Waals surface area contributed by atoms with E-state index in [9.17, 15) is 13.6 Å². The van der Waals surface area contributed by atoms with Crippen LogP contribution in [0, 0.1) is 23.0 Å². The molecule has 0 saturated carbocycles. The molecule has 0 aliphatic carbocycles. The Morgan fingerprint density at radius 3 is 2.64 bits per heavy atom. The summed E-state index contributed by atoms with van der Waals surface area (Å²) in [5, 5.41) is 8.15. The summed E-state index contributed by atoms with van der Waals surface area (Å²) < 4.78 is 24.6. The molecule has 0 aromatic carbocycles. The molecule has 0 atom stereocenters. The Labute approximate surface area is 59.9 Å². The van der Waals surface area contributed by atoms with Gasteiger partial charge in [0.1, 0.15) is 6.07 Å². The molecule has 1 aromatic heterocycles. The first-order chi connectivity index (χ1) is 5.15. The topological polar surface area (TPSA) is 56.6 Å². The average Bonchev–Trinajstić information content (AvgIpc) is 1.97. The number of nitriles is 1. The van der Waals surface area contributed by atoms with Gasteiger partial charge in [0.05, 0.1) is 0 Å². The van der Waals surface area contributed by atoms with Crippen LogP contribution in [-0.4, -0.2) is 4.98 Å². The molecule has 1 rings (SSSR count). The number of rotatable bonds is 0. The van der Waals surface area contributed by atoms with Crippen molar-refractivity contribution in [1.29, 1.82) is 5.26 Å². The zero-order valence-electron chi connectivity index (χ0n) is 5.19. The van der Waals surface area contributed by atoms with E-state index in [1.165, 1.54) is 6.07 Å². The van der Waals surface area contributed by atoms with Crippen LogP contribution in [0.15, 0.2) is 10.9 Å². The minimum atomic E-state index is -1.23. The van der Waals surface area contributed by atoms with E-state index < -0.39 is 22.9 Å². The highest BCUT2D eigenvalue weighted by Crippen LogP contribution is 1.99. The predicted octanol–water partition coefficient (Wildman–Crippen LogP) is 0.525. The van der Waals surface area contributed by atoms with Gasteiger partial charge in [-0.15, -0.1) is 0 Å². The summed E-state index contributed by atoms with van der Waals surface area (Å²) in [6.07, 6.45) is 0. The fourth-order valence-electron chi connectivity index (χ4n) is 0.563. The lowest BCUT2D eigenvalue weighted by atomic mass is 10.3. The van der Waals surface area contributed by atoms with Crippen molar-refractivity contribution in [3.63, 3.8) is 0 Å². The molecule has 0 saturated heterocycles. The first-order valence-corrected chi connectivity index (χ1v) is 2.63. The molecule has 0 unspecified atom stereocenters. The molecule has 1 aromatic rings. The number of pyridine rings is 1. The fourth-order valence-corrected chi connectivity index (χ4v) is 0.563. The SMILES string of the molecule is N#Cc1[nH]c(=O)c(F)cc1F. The van der Waals surface area contributed by atoms with Gasteiger partial charge >= 0.3 is 0 Å². The molecular weight excluding hydrogens is 154 g/mol. The van der Waals surface area contributed by atoms with Gasteiger partial charge in [0, 0.05) is 6.07 Å². The van der Waals surface area contributed by atoms with Crippen LogP contribution in [0.25, 0.3) is 0 Å². The van der Waals surface area contributed by atoms with Gasteiger partial charge in [0.25, 0.3) is 5.56 Å². The highest BCUT2D eigenvalue weighted by Gasteiger charge is 2.05. The zero-order valence-corrected chi connectivity index (χ0v) is 5.19. The Morgan fingerprint density at radius 2 is 2.09 bits per heavy atom. The molecule has 0 aliphatic rings. The van der Waals surface area contributed by atoms with Gasteiger partial charge < -0.3 is 4.98 Å². The molecule has 0 spiro atoms. The third kappa shape index (κ3) is 1.24. The first kappa shape index (κ1) is 7.41. The Bertz CT molecular complexity index is 377. The van der Waals surface area contributed by atoms with Crippen LogP contribution in [0.2, 0.25) is 0 Å². The largest absolute Gasteiger partial charge is 0.309 e. The summed E-state index contributed by atoms with van der Waals surface area (Å²) >= 11 is 0. The third-order valence-corrected chi connectivity index (χ3v) is 1.06. The van der Waals surface area contributed by atoms with Gasteiger partial charge in [0.15, 0.2) is 17.3 Å². The highest BCUT2D eigenvalue weighted by molar-refractivity contribution is 5.21. The van der Waals surface area contributed by atoms with Crippen molar-refractivity contribution in [2.24, 2.45) is 0 Å². The van der Waals surface area contributed by atoms with E-state index >= 15 is 0 Å². The quantitative estimate of drug-likeness (QED) is 0.595. The maximum atomic E-state index is 12.4. The normalized spacial score (nSPS) is 9.18. The molecule has 1 N–H and O–H groups in total. The molecule has 1 heterocycles. The smallest absolute Gasteiger partial charge is 0.285 e. The predicted molar refractivity (Wildman–Crippen MR) is 31.7 cm³/mol. The van der Waals surface area contributed by atoms with Crippen LogP contribution in [0.5, 0.6) is 0 Å². The number of halogens is 2. The fraction of sp³-hybridized carbons (Fsp3) is 0. The van der Waals surface area contributed by atoms with E-state index in [1.54, 1.807) is 4.98 Å². The average molecular weight is 156 g/mol. The number of hydrogen-bond donors (Lipinski definition) is 1. The lowest BCUT2D eigenvalue weighted by Crippen LogP contribution is -2.13. The maximum Gasteiger partial charge on any atom is 0.285 e. The Balaban J connectivity index is 3.48. The molecular formula is C6H2F2N2O.